The number of halogens is 1. The zero-order valence-electron chi connectivity index (χ0n) is 8.88. The summed E-state index contributed by atoms with van der Waals surface area (Å²) in [5, 5.41) is 2.90. The lowest BCUT2D eigenvalue weighted by molar-refractivity contribution is -0.119. The van der Waals surface area contributed by atoms with Crippen LogP contribution in [-0.2, 0) is 11.3 Å². The molecule has 3 nitrogen and oxygen atoms in total. The number of hydrogen-bond donors (Lipinski definition) is 2. The third-order valence-corrected chi connectivity index (χ3v) is 2.28. The first kappa shape index (κ1) is 11.7. The molecule has 0 fully saturated rings. The molecule has 1 rings (SSSR count). The molecule has 82 valence electrons. The molecule has 0 bridgehead atoms. The van der Waals surface area contributed by atoms with Crippen LogP contribution in [0, 0.1) is 12.7 Å². The summed E-state index contributed by atoms with van der Waals surface area (Å²) in [6.45, 7) is 3.81. The maximum atomic E-state index is 13.1. The fourth-order valence-electron chi connectivity index (χ4n) is 1.12. The normalized spacial score (nSPS) is 12.5. The van der Waals surface area contributed by atoms with E-state index in [1.165, 1.54) is 6.07 Å². The van der Waals surface area contributed by atoms with Crippen LogP contribution in [0.2, 0.25) is 0 Å². The number of primary amides is 1. The number of aryl methyl sites for hydroxylation is 1. The van der Waals surface area contributed by atoms with Crippen LogP contribution in [0.3, 0.4) is 0 Å². The number of carbonyl (C=O) groups excluding carboxylic acids is 1. The van der Waals surface area contributed by atoms with Crippen molar-refractivity contribution < 1.29 is 9.18 Å². The summed E-state index contributed by atoms with van der Waals surface area (Å²) in [6, 6.07) is 4.57. The van der Waals surface area contributed by atoms with Gasteiger partial charge in [0.2, 0.25) is 5.91 Å². The van der Waals surface area contributed by atoms with Crippen molar-refractivity contribution in [3.63, 3.8) is 0 Å². The number of nitrogens with two attached hydrogens (primary N) is 1. The first-order valence-corrected chi connectivity index (χ1v) is 4.78. The van der Waals surface area contributed by atoms with Crippen molar-refractivity contribution in [3.8, 4) is 0 Å². The van der Waals surface area contributed by atoms with E-state index in [4.69, 9.17) is 5.73 Å². The van der Waals surface area contributed by atoms with Gasteiger partial charge >= 0.3 is 0 Å². The molecule has 0 aromatic heterocycles. The third-order valence-electron chi connectivity index (χ3n) is 2.28. The molecule has 1 atom stereocenters. The molecule has 0 aliphatic carbocycles. The molecule has 0 radical (unpaired) electrons. The maximum Gasteiger partial charge on any atom is 0.234 e. The highest BCUT2D eigenvalue weighted by atomic mass is 19.1. The first-order chi connectivity index (χ1) is 7.00. The maximum absolute atomic E-state index is 13.1. The van der Waals surface area contributed by atoms with Crippen molar-refractivity contribution in [2.75, 3.05) is 0 Å². The predicted molar refractivity (Wildman–Crippen MR) is 56.6 cm³/mol. The Morgan fingerprint density at radius 2 is 2.27 bits per heavy atom. The Bertz CT molecular complexity index is 366. The van der Waals surface area contributed by atoms with Gasteiger partial charge in [0.1, 0.15) is 5.82 Å². The minimum Gasteiger partial charge on any atom is -0.368 e. The van der Waals surface area contributed by atoms with Gasteiger partial charge in [-0.25, -0.2) is 4.39 Å². The molecule has 4 heteroatoms. The van der Waals surface area contributed by atoms with Crippen molar-refractivity contribution in [2.45, 2.75) is 26.4 Å². The summed E-state index contributed by atoms with van der Waals surface area (Å²) in [4.78, 5) is 10.7. The van der Waals surface area contributed by atoms with E-state index in [9.17, 15) is 9.18 Å². The zero-order chi connectivity index (χ0) is 11.4. The standard InChI is InChI=1S/C11H15FN2O/c1-7-3-4-9(5-10(7)12)6-14-8(2)11(13)15/h3-5,8,14H,6H2,1-2H3,(H2,13,15)/t8-/m0/s1. The van der Waals surface area contributed by atoms with Crippen LogP contribution in [0.25, 0.3) is 0 Å². The van der Waals surface area contributed by atoms with Gasteiger partial charge in [-0.15, -0.1) is 0 Å². The van der Waals surface area contributed by atoms with E-state index in [-0.39, 0.29) is 5.82 Å². The summed E-state index contributed by atoms with van der Waals surface area (Å²) in [5.74, 6) is -0.649. The van der Waals surface area contributed by atoms with Crippen molar-refractivity contribution in [1.29, 1.82) is 0 Å². The van der Waals surface area contributed by atoms with Crippen molar-refractivity contribution in [2.24, 2.45) is 5.73 Å². The molecule has 0 heterocycles. The number of hydrogen-bond acceptors (Lipinski definition) is 2. The summed E-state index contributed by atoms with van der Waals surface area (Å²) in [7, 11) is 0. The summed E-state index contributed by atoms with van der Waals surface area (Å²) >= 11 is 0. The first-order valence-electron chi connectivity index (χ1n) is 4.78. The Hall–Kier alpha value is -1.42. The highest BCUT2D eigenvalue weighted by Crippen LogP contribution is 2.08. The molecule has 0 saturated carbocycles. The Labute approximate surface area is 88.5 Å². The van der Waals surface area contributed by atoms with Crippen LogP contribution in [-0.4, -0.2) is 11.9 Å². The van der Waals surface area contributed by atoms with Crippen LogP contribution in [0.4, 0.5) is 4.39 Å². The Kier molecular flexibility index (Phi) is 3.80. The molecule has 0 spiro atoms. The van der Waals surface area contributed by atoms with Crippen molar-refractivity contribution >= 4 is 5.91 Å². The molecule has 1 aromatic carbocycles. The van der Waals surface area contributed by atoms with Crippen molar-refractivity contribution in [3.05, 3.63) is 35.1 Å². The fourth-order valence-corrected chi connectivity index (χ4v) is 1.12. The molecule has 3 N–H and O–H groups in total. The fraction of sp³-hybridized carbons (Fsp3) is 0.364. The van der Waals surface area contributed by atoms with Crippen LogP contribution >= 0.6 is 0 Å². The monoisotopic (exact) mass is 210 g/mol. The average Bonchev–Trinajstić information content (AvgIpc) is 2.19. The van der Waals surface area contributed by atoms with Crippen LogP contribution in [0.5, 0.6) is 0 Å². The molecule has 0 unspecified atom stereocenters. The van der Waals surface area contributed by atoms with Crippen LogP contribution < -0.4 is 11.1 Å². The molecule has 0 aliphatic heterocycles. The summed E-state index contributed by atoms with van der Waals surface area (Å²) < 4.78 is 13.1. The van der Waals surface area contributed by atoms with Gasteiger partial charge in [0.05, 0.1) is 6.04 Å². The average molecular weight is 210 g/mol. The lowest BCUT2D eigenvalue weighted by Crippen LogP contribution is -2.38. The largest absolute Gasteiger partial charge is 0.368 e. The molecular weight excluding hydrogens is 195 g/mol. The zero-order valence-corrected chi connectivity index (χ0v) is 8.88. The van der Waals surface area contributed by atoms with Gasteiger partial charge in [0.25, 0.3) is 0 Å². The van der Waals surface area contributed by atoms with Crippen LogP contribution in [0.1, 0.15) is 18.1 Å². The summed E-state index contributed by atoms with van der Waals surface area (Å²) in [6.07, 6.45) is 0. The minimum atomic E-state index is -0.414. The van der Waals surface area contributed by atoms with Gasteiger partial charge < -0.3 is 11.1 Å². The van der Waals surface area contributed by atoms with Crippen molar-refractivity contribution in [1.82, 2.24) is 5.32 Å². The predicted octanol–water partition coefficient (Wildman–Crippen LogP) is 1.10. The molecular formula is C11H15FN2O. The molecule has 0 aliphatic rings. The molecule has 15 heavy (non-hydrogen) atoms. The Balaban J connectivity index is 2.58. The lowest BCUT2D eigenvalue weighted by atomic mass is 10.1. The van der Waals surface area contributed by atoms with E-state index in [2.05, 4.69) is 5.32 Å². The Morgan fingerprint density at radius 1 is 1.60 bits per heavy atom. The van der Waals surface area contributed by atoms with E-state index in [0.29, 0.717) is 12.1 Å². The lowest BCUT2D eigenvalue weighted by Gasteiger charge is -2.10. The number of carbonyl (C=O) groups is 1. The third kappa shape index (κ3) is 3.32. The van der Waals surface area contributed by atoms with Gasteiger partial charge in [-0.2, -0.15) is 0 Å². The topological polar surface area (TPSA) is 55.1 Å². The second-order valence-electron chi connectivity index (χ2n) is 3.59. The van der Waals surface area contributed by atoms with Gasteiger partial charge in [0.15, 0.2) is 0 Å². The highest BCUT2D eigenvalue weighted by Gasteiger charge is 2.07. The van der Waals surface area contributed by atoms with E-state index >= 15 is 0 Å². The minimum absolute atomic E-state index is 0.235. The number of nitrogens with one attached hydrogen (secondary N) is 1. The molecule has 1 amide bonds. The molecule has 1 aromatic rings. The SMILES string of the molecule is Cc1ccc(CN[C@@H](C)C(N)=O)cc1F. The van der Waals surface area contributed by atoms with Gasteiger partial charge in [-0.05, 0) is 31.0 Å². The van der Waals surface area contributed by atoms with Crippen LogP contribution in [0.15, 0.2) is 18.2 Å². The highest BCUT2D eigenvalue weighted by molar-refractivity contribution is 5.79. The number of benzene rings is 1. The van der Waals surface area contributed by atoms with Gasteiger partial charge in [0, 0.05) is 6.54 Å². The van der Waals surface area contributed by atoms with Gasteiger partial charge in [-0.3, -0.25) is 4.79 Å². The van der Waals surface area contributed by atoms with Gasteiger partial charge in [-0.1, -0.05) is 12.1 Å². The second kappa shape index (κ2) is 4.89. The summed E-state index contributed by atoms with van der Waals surface area (Å²) in [5.41, 5.74) is 6.49. The molecule has 0 saturated heterocycles. The van der Waals surface area contributed by atoms with E-state index in [1.807, 2.05) is 6.07 Å². The number of rotatable bonds is 4. The van der Waals surface area contributed by atoms with E-state index < -0.39 is 11.9 Å². The number of amides is 1. The van der Waals surface area contributed by atoms with E-state index in [0.717, 1.165) is 5.56 Å². The smallest absolute Gasteiger partial charge is 0.234 e. The second-order valence-corrected chi connectivity index (χ2v) is 3.59. The Morgan fingerprint density at radius 3 is 2.80 bits per heavy atom. The van der Waals surface area contributed by atoms with E-state index in [1.54, 1.807) is 19.9 Å². The quantitative estimate of drug-likeness (QED) is 0.781.